The normalized spacial score (nSPS) is 29.6. The van der Waals surface area contributed by atoms with Crippen molar-refractivity contribution in [1.29, 1.82) is 5.26 Å². The van der Waals surface area contributed by atoms with Crippen molar-refractivity contribution in [2.75, 3.05) is 6.54 Å². The van der Waals surface area contributed by atoms with Gasteiger partial charge in [-0.15, -0.1) is 0 Å². The van der Waals surface area contributed by atoms with E-state index in [1.54, 1.807) is 0 Å². The fourth-order valence-electron chi connectivity index (χ4n) is 1.54. The van der Waals surface area contributed by atoms with E-state index >= 15 is 0 Å². The number of nitrogens with zero attached hydrogens (tertiary/aromatic N) is 1. The minimum Gasteiger partial charge on any atom is -0.343 e. The molecule has 0 saturated carbocycles. The Kier molecular flexibility index (Phi) is 2.03. The summed E-state index contributed by atoms with van der Waals surface area (Å²) in [5.74, 6) is 0. The standard InChI is InChI=1S/C11H12N2O/c1-8-2-4-9(5-3-8)10-11(6-12,7-13)14-10/h2-5,10H,6,12H2,1H3. The van der Waals surface area contributed by atoms with Crippen LogP contribution in [-0.4, -0.2) is 12.1 Å². The maximum atomic E-state index is 8.89. The van der Waals surface area contributed by atoms with Crippen molar-refractivity contribution in [3.05, 3.63) is 35.4 Å². The first-order valence-electron chi connectivity index (χ1n) is 4.57. The van der Waals surface area contributed by atoms with Crippen molar-refractivity contribution in [1.82, 2.24) is 0 Å². The molecule has 1 aliphatic rings. The highest BCUT2D eigenvalue weighted by molar-refractivity contribution is 5.33. The van der Waals surface area contributed by atoms with Gasteiger partial charge in [0.2, 0.25) is 0 Å². The summed E-state index contributed by atoms with van der Waals surface area (Å²) in [4.78, 5) is 0. The largest absolute Gasteiger partial charge is 0.343 e. The molecule has 1 heterocycles. The number of hydrogen-bond donors (Lipinski definition) is 1. The van der Waals surface area contributed by atoms with Crippen LogP contribution in [0.4, 0.5) is 0 Å². The van der Waals surface area contributed by atoms with Crippen LogP contribution in [-0.2, 0) is 4.74 Å². The maximum absolute atomic E-state index is 8.89. The van der Waals surface area contributed by atoms with Crippen LogP contribution in [0.2, 0.25) is 0 Å². The molecule has 0 aromatic heterocycles. The quantitative estimate of drug-likeness (QED) is 0.711. The van der Waals surface area contributed by atoms with Crippen LogP contribution in [0.3, 0.4) is 0 Å². The number of benzene rings is 1. The first-order chi connectivity index (χ1) is 6.72. The summed E-state index contributed by atoms with van der Waals surface area (Å²) in [5.41, 5.74) is 6.95. The zero-order valence-corrected chi connectivity index (χ0v) is 8.03. The van der Waals surface area contributed by atoms with Crippen molar-refractivity contribution < 1.29 is 4.74 Å². The summed E-state index contributed by atoms with van der Waals surface area (Å²) in [6.07, 6.45) is -0.141. The van der Waals surface area contributed by atoms with Crippen LogP contribution in [0, 0.1) is 18.3 Å². The number of rotatable bonds is 2. The summed E-state index contributed by atoms with van der Waals surface area (Å²) < 4.78 is 5.34. The Morgan fingerprint density at radius 3 is 2.57 bits per heavy atom. The highest BCUT2D eigenvalue weighted by Gasteiger charge is 2.57. The van der Waals surface area contributed by atoms with Crippen molar-refractivity contribution in [3.63, 3.8) is 0 Å². The minimum atomic E-state index is -0.769. The molecular formula is C11H12N2O. The maximum Gasteiger partial charge on any atom is 0.197 e. The van der Waals surface area contributed by atoms with Gasteiger partial charge >= 0.3 is 0 Å². The lowest BCUT2D eigenvalue weighted by Crippen LogP contribution is -2.22. The second-order valence-electron chi connectivity index (χ2n) is 3.61. The first kappa shape index (κ1) is 9.20. The zero-order valence-electron chi connectivity index (χ0n) is 8.03. The van der Waals surface area contributed by atoms with E-state index < -0.39 is 5.60 Å². The molecule has 2 unspecified atom stereocenters. The second kappa shape index (κ2) is 3.09. The molecule has 0 radical (unpaired) electrons. The molecule has 2 N–H and O–H groups in total. The van der Waals surface area contributed by atoms with Gasteiger partial charge in [0.05, 0.1) is 0 Å². The average molecular weight is 188 g/mol. The lowest BCUT2D eigenvalue weighted by atomic mass is 10.0. The van der Waals surface area contributed by atoms with Gasteiger partial charge in [0.1, 0.15) is 12.2 Å². The van der Waals surface area contributed by atoms with E-state index in [0.29, 0.717) is 0 Å². The Labute approximate surface area is 83.1 Å². The van der Waals surface area contributed by atoms with Gasteiger partial charge in [-0.25, -0.2) is 0 Å². The minimum absolute atomic E-state index is 0.141. The number of ether oxygens (including phenoxy) is 1. The zero-order chi connectivity index (χ0) is 10.2. The summed E-state index contributed by atoms with van der Waals surface area (Å²) in [6.45, 7) is 2.28. The van der Waals surface area contributed by atoms with E-state index in [0.717, 1.165) is 5.56 Å². The SMILES string of the molecule is Cc1ccc(C2OC2(C#N)CN)cc1. The molecule has 0 bridgehead atoms. The Morgan fingerprint density at radius 1 is 1.50 bits per heavy atom. The predicted molar refractivity (Wildman–Crippen MR) is 52.4 cm³/mol. The smallest absolute Gasteiger partial charge is 0.197 e. The molecule has 72 valence electrons. The number of hydrogen-bond acceptors (Lipinski definition) is 3. The van der Waals surface area contributed by atoms with Crippen LogP contribution in [0.5, 0.6) is 0 Å². The van der Waals surface area contributed by atoms with E-state index in [1.807, 2.05) is 31.2 Å². The fourth-order valence-corrected chi connectivity index (χ4v) is 1.54. The molecular weight excluding hydrogens is 176 g/mol. The lowest BCUT2D eigenvalue weighted by molar-refractivity contribution is 0.340. The molecule has 2 rings (SSSR count). The first-order valence-corrected chi connectivity index (χ1v) is 4.57. The van der Waals surface area contributed by atoms with Gasteiger partial charge in [-0.2, -0.15) is 5.26 Å². The summed E-state index contributed by atoms with van der Waals surface area (Å²) in [5, 5.41) is 8.89. The van der Waals surface area contributed by atoms with Crippen LogP contribution in [0.1, 0.15) is 17.2 Å². The van der Waals surface area contributed by atoms with E-state index in [2.05, 4.69) is 6.07 Å². The Morgan fingerprint density at radius 2 is 2.14 bits per heavy atom. The molecule has 1 fully saturated rings. The van der Waals surface area contributed by atoms with Crippen LogP contribution in [0.25, 0.3) is 0 Å². The molecule has 0 amide bonds. The van der Waals surface area contributed by atoms with Crippen LogP contribution < -0.4 is 5.73 Å². The van der Waals surface area contributed by atoms with E-state index in [4.69, 9.17) is 15.7 Å². The molecule has 1 aromatic carbocycles. The third-order valence-corrected chi connectivity index (χ3v) is 2.57. The Hall–Kier alpha value is -1.37. The molecule has 0 aliphatic carbocycles. The molecule has 0 spiro atoms. The number of nitrogens with two attached hydrogens (primary N) is 1. The molecule has 3 nitrogen and oxygen atoms in total. The molecule has 14 heavy (non-hydrogen) atoms. The highest BCUT2D eigenvalue weighted by atomic mass is 16.6. The number of nitriles is 1. The topological polar surface area (TPSA) is 62.3 Å². The van der Waals surface area contributed by atoms with E-state index in [9.17, 15) is 0 Å². The van der Waals surface area contributed by atoms with Gasteiger partial charge in [-0.3, -0.25) is 0 Å². The lowest BCUT2D eigenvalue weighted by Gasteiger charge is -1.99. The van der Waals surface area contributed by atoms with Crippen molar-refractivity contribution in [2.45, 2.75) is 18.6 Å². The molecule has 3 heteroatoms. The predicted octanol–water partition coefficient (Wildman–Crippen LogP) is 1.29. The number of epoxide rings is 1. The van der Waals surface area contributed by atoms with Gasteiger partial charge in [0.15, 0.2) is 5.60 Å². The molecule has 1 aliphatic heterocycles. The fraction of sp³-hybridized carbons (Fsp3) is 0.364. The third-order valence-electron chi connectivity index (χ3n) is 2.57. The molecule has 1 saturated heterocycles. The van der Waals surface area contributed by atoms with Crippen molar-refractivity contribution >= 4 is 0 Å². The average Bonchev–Trinajstić information content (AvgIpc) is 2.94. The monoisotopic (exact) mass is 188 g/mol. The van der Waals surface area contributed by atoms with Crippen molar-refractivity contribution in [3.8, 4) is 6.07 Å². The van der Waals surface area contributed by atoms with Gasteiger partial charge in [-0.05, 0) is 12.5 Å². The second-order valence-corrected chi connectivity index (χ2v) is 3.61. The Bertz CT molecular complexity index is 379. The van der Waals surface area contributed by atoms with E-state index in [-0.39, 0.29) is 12.6 Å². The van der Waals surface area contributed by atoms with Gasteiger partial charge in [-0.1, -0.05) is 29.8 Å². The van der Waals surface area contributed by atoms with Crippen LogP contribution >= 0.6 is 0 Å². The van der Waals surface area contributed by atoms with Crippen LogP contribution in [0.15, 0.2) is 24.3 Å². The summed E-state index contributed by atoms with van der Waals surface area (Å²) in [6, 6.07) is 10.1. The van der Waals surface area contributed by atoms with E-state index in [1.165, 1.54) is 5.56 Å². The highest BCUT2D eigenvalue weighted by Crippen LogP contribution is 2.48. The van der Waals surface area contributed by atoms with Gasteiger partial charge < -0.3 is 10.5 Å². The third kappa shape index (κ3) is 1.29. The molecule has 1 aromatic rings. The number of aryl methyl sites for hydroxylation is 1. The summed E-state index contributed by atoms with van der Waals surface area (Å²) >= 11 is 0. The van der Waals surface area contributed by atoms with Crippen molar-refractivity contribution in [2.24, 2.45) is 5.73 Å². The van der Waals surface area contributed by atoms with Gasteiger partial charge in [0, 0.05) is 6.54 Å². The Balaban J connectivity index is 2.21. The van der Waals surface area contributed by atoms with Gasteiger partial charge in [0.25, 0.3) is 0 Å². The summed E-state index contributed by atoms with van der Waals surface area (Å²) in [7, 11) is 0. The molecule has 2 atom stereocenters.